The lowest BCUT2D eigenvalue weighted by atomic mass is 10.3. The van der Waals surface area contributed by atoms with Gasteiger partial charge in [-0.15, -0.1) is 11.3 Å². The second-order valence-corrected chi connectivity index (χ2v) is 4.30. The summed E-state index contributed by atoms with van der Waals surface area (Å²) in [4.78, 5) is 9.62. The first-order chi connectivity index (χ1) is 6.25. The minimum absolute atomic E-state index is 0.649. The van der Waals surface area contributed by atoms with Gasteiger partial charge in [0.05, 0.1) is 10.6 Å². The molecular formula is C9H7BrN2S. The molecule has 2 nitrogen and oxygen atoms in total. The fourth-order valence-corrected chi connectivity index (χ4v) is 2.24. The van der Waals surface area contributed by atoms with Crippen molar-refractivity contribution in [2.75, 3.05) is 0 Å². The molecule has 0 aliphatic carbocycles. The van der Waals surface area contributed by atoms with Crippen molar-refractivity contribution in [1.82, 2.24) is 9.97 Å². The maximum absolute atomic E-state index is 4.29. The quantitative estimate of drug-likeness (QED) is 0.731. The van der Waals surface area contributed by atoms with Crippen LogP contribution in [-0.2, 0) is 0 Å². The fraction of sp³-hybridized carbons (Fsp3) is 0.111. The van der Waals surface area contributed by atoms with Crippen LogP contribution in [0.15, 0.2) is 28.3 Å². The van der Waals surface area contributed by atoms with E-state index in [-0.39, 0.29) is 0 Å². The van der Waals surface area contributed by atoms with Gasteiger partial charge in [-0.25, -0.2) is 9.97 Å². The number of hydrogen-bond acceptors (Lipinski definition) is 3. The largest absolute Gasteiger partial charge is 0.227 e. The first-order valence-electron chi connectivity index (χ1n) is 3.81. The molecule has 0 fully saturated rings. The van der Waals surface area contributed by atoms with E-state index in [9.17, 15) is 0 Å². The van der Waals surface area contributed by atoms with Crippen LogP contribution in [0.1, 0.15) is 5.69 Å². The normalized spacial score (nSPS) is 10.3. The van der Waals surface area contributed by atoms with E-state index in [2.05, 4.69) is 32.0 Å². The van der Waals surface area contributed by atoms with Crippen LogP contribution in [0.5, 0.6) is 0 Å². The molecule has 4 heteroatoms. The van der Waals surface area contributed by atoms with Gasteiger partial charge in [0, 0.05) is 5.69 Å². The van der Waals surface area contributed by atoms with Crippen molar-refractivity contribution in [2.45, 2.75) is 6.92 Å². The van der Waals surface area contributed by atoms with E-state index < -0.39 is 0 Å². The third-order valence-corrected chi connectivity index (χ3v) is 2.85. The number of nitrogens with zero attached hydrogens (tertiary/aromatic N) is 2. The molecule has 2 heterocycles. The molecule has 2 aromatic heterocycles. The maximum atomic E-state index is 4.29. The molecule has 0 aliphatic rings. The van der Waals surface area contributed by atoms with Gasteiger partial charge in [-0.3, -0.25) is 0 Å². The van der Waals surface area contributed by atoms with Crippen molar-refractivity contribution in [2.24, 2.45) is 0 Å². The van der Waals surface area contributed by atoms with Crippen molar-refractivity contribution in [3.05, 3.63) is 34.0 Å². The van der Waals surface area contributed by atoms with Gasteiger partial charge in [0.2, 0.25) is 0 Å². The van der Waals surface area contributed by atoms with Crippen molar-refractivity contribution in [1.29, 1.82) is 0 Å². The second-order valence-electron chi connectivity index (χ2n) is 2.64. The van der Waals surface area contributed by atoms with Crippen LogP contribution in [0.2, 0.25) is 0 Å². The fourth-order valence-electron chi connectivity index (χ4n) is 1.08. The van der Waals surface area contributed by atoms with Gasteiger partial charge in [0.1, 0.15) is 0 Å². The molecule has 0 spiro atoms. The molecule has 0 aliphatic heterocycles. The summed E-state index contributed by atoms with van der Waals surface area (Å²) in [6, 6.07) is 6.06. The van der Waals surface area contributed by atoms with E-state index in [4.69, 9.17) is 0 Å². The van der Waals surface area contributed by atoms with Gasteiger partial charge in [-0.05, 0) is 40.4 Å². The number of halogens is 1. The number of hydrogen-bond donors (Lipinski definition) is 0. The molecule has 2 rings (SSSR count). The van der Waals surface area contributed by atoms with E-state index in [1.54, 1.807) is 11.3 Å². The zero-order chi connectivity index (χ0) is 9.26. The monoisotopic (exact) mass is 254 g/mol. The lowest BCUT2D eigenvalue weighted by molar-refractivity contribution is 1.06. The highest BCUT2D eigenvalue weighted by atomic mass is 79.9. The Morgan fingerprint density at radius 1 is 1.38 bits per heavy atom. The molecule has 0 N–H and O–H groups in total. The van der Waals surface area contributed by atoms with Crippen molar-refractivity contribution >= 4 is 27.3 Å². The van der Waals surface area contributed by atoms with Crippen LogP contribution in [0, 0.1) is 6.92 Å². The van der Waals surface area contributed by atoms with Crippen molar-refractivity contribution in [3.8, 4) is 10.6 Å². The summed E-state index contributed by atoms with van der Waals surface area (Å²) in [5.74, 6) is 0. The Kier molecular flexibility index (Phi) is 2.42. The van der Waals surface area contributed by atoms with Gasteiger partial charge >= 0.3 is 0 Å². The Labute approximate surface area is 88.8 Å². The van der Waals surface area contributed by atoms with Crippen molar-refractivity contribution in [3.63, 3.8) is 0 Å². The Balaban J connectivity index is 2.53. The van der Waals surface area contributed by atoms with E-state index >= 15 is 0 Å². The number of aryl methyl sites for hydroxylation is 1. The highest BCUT2D eigenvalue weighted by Gasteiger charge is 2.02. The molecule has 0 atom stereocenters. The van der Waals surface area contributed by atoms with Crippen LogP contribution in [0.3, 0.4) is 0 Å². The molecular weight excluding hydrogens is 248 g/mol. The van der Waals surface area contributed by atoms with Gasteiger partial charge in [-0.2, -0.15) is 0 Å². The third-order valence-electron chi connectivity index (χ3n) is 1.60. The predicted octanol–water partition coefficient (Wildman–Crippen LogP) is 3.28. The Morgan fingerprint density at radius 2 is 2.23 bits per heavy atom. The summed E-state index contributed by atoms with van der Waals surface area (Å²) in [6.07, 6.45) is 0. The number of aromatic nitrogens is 2. The summed E-state index contributed by atoms with van der Waals surface area (Å²) >= 11 is 4.96. The predicted molar refractivity (Wildman–Crippen MR) is 57.8 cm³/mol. The van der Waals surface area contributed by atoms with Crippen molar-refractivity contribution < 1.29 is 0 Å². The van der Waals surface area contributed by atoms with Crippen LogP contribution in [0.25, 0.3) is 10.6 Å². The molecule has 2 aromatic rings. The van der Waals surface area contributed by atoms with Crippen LogP contribution in [-0.4, -0.2) is 9.97 Å². The average molecular weight is 255 g/mol. The molecule has 66 valence electrons. The zero-order valence-corrected chi connectivity index (χ0v) is 9.39. The summed E-state index contributed by atoms with van der Waals surface area (Å²) in [6.45, 7) is 1.96. The number of rotatable bonds is 1. The van der Waals surface area contributed by atoms with E-state index in [1.165, 1.54) is 4.88 Å². The molecule has 0 radical (unpaired) electrons. The lowest BCUT2D eigenvalue weighted by Crippen LogP contribution is -1.88. The lowest BCUT2D eigenvalue weighted by Gasteiger charge is -1.98. The summed E-state index contributed by atoms with van der Waals surface area (Å²) < 4.78 is 0.649. The third kappa shape index (κ3) is 1.95. The molecule has 0 aromatic carbocycles. The first kappa shape index (κ1) is 8.84. The van der Waals surface area contributed by atoms with E-state index in [0.717, 1.165) is 11.4 Å². The highest BCUT2D eigenvalue weighted by Crippen LogP contribution is 2.23. The molecule has 0 saturated heterocycles. The first-order valence-corrected chi connectivity index (χ1v) is 5.48. The Morgan fingerprint density at radius 3 is 2.85 bits per heavy atom. The number of thiophene rings is 1. The maximum Gasteiger partial charge on any atom is 0.197 e. The topological polar surface area (TPSA) is 25.8 Å². The standard InChI is InChI=1S/C9H7BrN2S/c1-6-5-7(12-9(10)11-6)8-3-2-4-13-8/h2-5H,1H3. The molecule has 13 heavy (non-hydrogen) atoms. The molecule has 0 amide bonds. The minimum atomic E-state index is 0.649. The molecule has 0 saturated carbocycles. The van der Waals surface area contributed by atoms with Gasteiger partial charge in [-0.1, -0.05) is 6.07 Å². The highest BCUT2D eigenvalue weighted by molar-refractivity contribution is 9.10. The minimum Gasteiger partial charge on any atom is -0.227 e. The van der Waals surface area contributed by atoms with Gasteiger partial charge in [0.15, 0.2) is 4.73 Å². The van der Waals surface area contributed by atoms with E-state index in [1.807, 2.05) is 24.4 Å². The van der Waals surface area contributed by atoms with Crippen LogP contribution >= 0.6 is 27.3 Å². The molecule has 0 bridgehead atoms. The Hall–Kier alpha value is -0.740. The Bertz CT molecular complexity index is 391. The van der Waals surface area contributed by atoms with Crippen LogP contribution < -0.4 is 0 Å². The van der Waals surface area contributed by atoms with Gasteiger partial charge < -0.3 is 0 Å². The average Bonchev–Trinajstić information content (AvgIpc) is 2.53. The molecule has 0 unspecified atom stereocenters. The second kappa shape index (κ2) is 3.55. The summed E-state index contributed by atoms with van der Waals surface area (Å²) in [5, 5.41) is 2.04. The zero-order valence-electron chi connectivity index (χ0n) is 6.99. The van der Waals surface area contributed by atoms with Crippen LogP contribution in [0.4, 0.5) is 0 Å². The SMILES string of the molecule is Cc1cc(-c2cccs2)nc(Br)n1. The van der Waals surface area contributed by atoms with Gasteiger partial charge in [0.25, 0.3) is 0 Å². The summed E-state index contributed by atoms with van der Waals surface area (Å²) in [7, 11) is 0. The summed E-state index contributed by atoms with van der Waals surface area (Å²) in [5.41, 5.74) is 1.96. The van der Waals surface area contributed by atoms with E-state index in [0.29, 0.717) is 4.73 Å². The smallest absolute Gasteiger partial charge is 0.197 e.